The summed E-state index contributed by atoms with van der Waals surface area (Å²) in [5, 5.41) is 3.86. The third-order valence-corrected chi connectivity index (χ3v) is 3.18. The number of fused-ring (bicyclic) bond motifs is 1. The maximum atomic E-state index is 13.5. The number of H-pyrrole nitrogens is 1. The number of aromatic amines is 1. The molecule has 0 amide bonds. The minimum atomic E-state index is -0.329. The van der Waals surface area contributed by atoms with Gasteiger partial charge in [-0.1, -0.05) is 12.1 Å². The van der Waals surface area contributed by atoms with E-state index in [1.807, 2.05) is 13.8 Å². The Balaban J connectivity index is 2.00. The van der Waals surface area contributed by atoms with Crippen LogP contribution in [-0.2, 0) is 0 Å². The maximum absolute atomic E-state index is 13.5. The Kier molecular flexibility index (Phi) is 2.67. The second-order valence-corrected chi connectivity index (χ2v) is 4.44. The van der Waals surface area contributed by atoms with Gasteiger partial charge >= 0.3 is 0 Å². The molecule has 19 heavy (non-hydrogen) atoms. The van der Waals surface area contributed by atoms with Gasteiger partial charge in [0.15, 0.2) is 0 Å². The van der Waals surface area contributed by atoms with Crippen LogP contribution < -0.4 is 5.32 Å². The van der Waals surface area contributed by atoms with E-state index in [9.17, 15) is 4.39 Å². The predicted octanol–water partition coefficient (Wildman–Crippen LogP) is 3.46. The first kappa shape index (κ1) is 11.6. The number of nitrogens with zero attached hydrogens (tertiary/aromatic N) is 2. The Hall–Kier alpha value is -2.43. The summed E-state index contributed by atoms with van der Waals surface area (Å²) in [6, 6.07) is 6.44. The van der Waals surface area contributed by atoms with E-state index in [4.69, 9.17) is 0 Å². The van der Waals surface area contributed by atoms with E-state index in [2.05, 4.69) is 20.3 Å². The molecule has 96 valence electrons. The van der Waals surface area contributed by atoms with Crippen LogP contribution in [0.4, 0.5) is 16.0 Å². The number of aromatic nitrogens is 3. The van der Waals surface area contributed by atoms with Crippen LogP contribution in [0.5, 0.6) is 0 Å². The molecule has 0 aliphatic carbocycles. The van der Waals surface area contributed by atoms with Crippen LogP contribution in [0.1, 0.15) is 11.3 Å². The number of benzene rings is 1. The SMILES string of the molecule is Cc1[nH]c2nc(Nc3ccccc3F)ncc2c1C. The lowest BCUT2D eigenvalue weighted by Gasteiger charge is -2.05. The molecule has 0 atom stereocenters. The minimum Gasteiger partial charge on any atom is -0.343 e. The summed E-state index contributed by atoms with van der Waals surface area (Å²) < 4.78 is 13.5. The Morgan fingerprint density at radius 2 is 2.00 bits per heavy atom. The quantitative estimate of drug-likeness (QED) is 0.738. The molecule has 3 rings (SSSR count). The van der Waals surface area contributed by atoms with E-state index in [0.29, 0.717) is 11.6 Å². The molecule has 0 saturated heterocycles. The number of halogens is 1. The van der Waals surface area contributed by atoms with E-state index in [1.165, 1.54) is 6.07 Å². The van der Waals surface area contributed by atoms with Gasteiger partial charge in [-0.15, -0.1) is 0 Å². The van der Waals surface area contributed by atoms with Crippen molar-refractivity contribution in [3.05, 3.63) is 47.5 Å². The molecule has 4 nitrogen and oxygen atoms in total. The molecule has 0 spiro atoms. The molecule has 0 bridgehead atoms. The lowest BCUT2D eigenvalue weighted by molar-refractivity contribution is 0.631. The third-order valence-electron chi connectivity index (χ3n) is 3.18. The molecule has 1 aromatic carbocycles. The summed E-state index contributed by atoms with van der Waals surface area (Å²) in [5.41, 5.74) is 3.31. The number of hydrogen-bond donors (Lipinski definition) is 2. The Morgan fingerprint density at radius 1 is 1.21 bits per heavy atom. The highest BCUT2D eigenvalue weighted by molar-refractivity contribution is 5.81. The maximum Gasteiger partial charge on any atom is 0.229 e. The molecule has 3 aromatic rings. The standard InChI is InChI=1S/C14H13FN4/c1-8-9(2)17-13-10(8)7-16-14(19-13)18-12-6-4-3-5-11(12)15/h3-7H,1-2H3,(H2,16,17,18,19). The zero-order valence-electron chi connectivity index (χ0n) is 10.7. The molecule has 2 aromatic heterocycles. The van der Waals surface area contributed by atoms with Crippen molar-refractivity contribution in [2.45, 2.75) is 13.8 Å². The van der Waals surface area contributed by atoms with Crippen molar-refractivity contribution < 1.29 is 4.39 Å². The number of hydrogen-bond acceptors (Lipinski definition) is 3. The van der Waals surface area contributed by atoms with Crippen LogP contribution in [0, 0.1) is 19.7 Å². The molecule has 0 radical (unpaired) electrons. The normalized spacial score (nSPS) is 10.9. The first-order valence-corrected chi connectivity index (χ1v) is 5.98. The van der Waals surface area contributed by atoms with E-state index in [1.54, 1.807) is 24.4 Å². The molecule has 0 unspecified atom stereocenters. The van der Waals surface area contributed by atoms with Gasteiger partial charge in [-0.2, -0.15) is 4.98 Å². The number of para-hydroxylation sites is 1. The smallest absolute Gasteiger partial charge is 0.229 e. The average Bonchev–Trinajstić information content (AvgIpc) is 2.68. The summed E-state index contributed by atoms with van der Waals surface area (Å²) in [5.74, 6) is 0.0453. The fourth-order valence-corrected chi connectivity index (χ4v) is 1.97. The fraction of sp³-hybridized carbons (Fsp3) is 0.143. The zero-order valence-corrected chi connectivity index (χ0v) is 10.7. The van der Waals surface area contributed by atoms with Crippen molar-refractivity contribution in [1.82, 2.24) is 15.0 Å². The van der Waals surface area contributed by atoms with Crippen molar-refractivity contribution in [1.29, 1.82) is 0 Å². The second-order valence-electron chi connectivity index (χ2n) is 4.44. The average molecular weight is 256 g/mol. The Labute approximate surface area is 109 Å². The first-order chi connectivity index (χ1) is 9.15. The predicted molar refractivity (Wildman–Crippen MR) is 73.0 cm³/mol. The van der Waals surface area contributed by atoms with Gasteiger partial charge in [0.2, 0.25) is 5.95 Å². The Bertz CT molecular complexity index is 748. The lowest BCUT2D eigenvalue weighted by atomic mass is 10.2. The van der Waals surface area contributed by atoms with Gasteiger partial charge in [0.1, 0.15) is 11.5 Å². The summed E-state index contributed by atoms with van der Waals surface area (Å²) >= 11 is 0. The number of aryl methyl sites for hydroxylation is 2. The van der Waals surface area contributed by atoms with Crippen LogP contribution in [0.25, 0.3) is 11.0 Å². The number of nitrogens with one attached hydrogen (secondary N) is 2. The van der Waals surface area contributed by atoms with E-state index >= 15 is 0 Å². The molecule has 0 fully saturated rings. The summed E-state index contributed by atoms with van der Waals surface area (Å²) in [6.45, 7) is 4.00. The van der Waals surface area contributed by atoms with Gasteiger partial charge < -0.3 is 10.3 Å². The topological polar surface area (TPSA) is 53.6 Å². The van der Waals surface area contributed by atoms with Crippen LogP contribution in [0.2, 0.25) is 0 Å². The van der Waals surface area contributed by atoms with Gasteiger partial charge in [-0.25, -0.2) is 9.37 Å². The highest BCUT2D eigenvalue weighted by atomic mass is 19.1. The van der Waals surface area contributed by atoms with E-state index < -0.39 is 0 Å². The number of anilines is 2. The number of rotatable bonds is 2. The van der Waals surface area contributed by atoms with Crippen LogP contribution >= 0.6 is 0 Å². The molecule has 0 aliphatic rings. The minimum absolute atomic E-state index is 0.329. The van der Waals surface area contributed by atoms with Crippen LogP contribution in [0.15, 0.2) is 30.5 Å². The Morgan fingerprint density at radius 3 is 2.79 bits per heavy atom. The largest absolute Gasteiger partial charge is 0.343 e. The summed E-state index contributed by atoms with van der Waals surface area (Å²) in [6.07, 6.45) is 1.74. The van der Waals surface area contributed by atoms with Crippen LogP contribution in [0.3, 0.4) is 0 Å². The summed E-state index contributed by atoms with van der Waals surface area (Å²) in [7, 11) is 0. The molecule has 0 saturated carbocycles. The molecular formula is C14H13FN4. The van der Waals surface area contributed by atoms with Gasteiger partial charge in [-0.05, 0) is 31.5 Å². The molecule has 5 heteroatoms. The molecule has 2 N–H and O–H groups in total. The highest BCUT2D eigenvalue weighted by Gasteiger charge is 2.08. The van der Waals surface area contributed by atoms with Crippen LogP contribution in [-0.4, -0.2) is 15.0 Å². The lowest BCUT2D eigenvalue weighted by Crippen LogP contribution is -1.98. The fourth-order valence-electron chi connectivity index (χ4n) is 1.97. The molecular weight excluding hydrogens is 243 g/mol. The van der Waals surface area contributed by atoms with Crippen molar-refractivity contribution in [3.63, 3.8) is 0 Å². The van der Waals surface area contributed by atoms with Crippen molar-refractivity contribution in [2.24, 2.45) is 0 Å². The third kappa shape index (κ3) is 2.03. The first-order valence-electron chi connectivity index (χ1n) is 5.98. The monoisotopic (exact) mass is 256 g/mol. The van der Waals surface area contributed by atoms with Gasteiger partial charge in [-0.3, -0.25) is 0 Å². The highest BCUT2D eigenvalue weighted by Crippen LogP contribution is 2.22. The van der Waals surface area contributed by atoms with E-state index in [0.717, 1.165) is 22.3 Å². The van der Waals surface area contributed by atoms with Crippen molar-refractivity contribution in [2.75, 3.05) is 5.32 Å². The van der Waals surface area contributed by atoms with Crippen molar-refractivity contribution >= 4 is 22.7 Å². The van der Waals surface area contributed by atoms with Gasteiger partial charge in [0, 0.05) is 17.3 Å². The summed E-state index contributed by atoms with van der Waals surface area (Å²) in [4.78, 5) is 11.7. The van der Waals surface area contributed by atoms with Gasteiger partial charge in [0.05, 0.1) is 5.69 Å². The molecule has 0 aliphatic heterocycles. The van der Waals surface area contributed by atoms with E-state index in [-0.39, 0.29) is 5.82 Å². The van der Waals surface area contributed by atoms with Gasteiger partial charge in [0.25, 0.3) is 0 Å². The zero-order chi connectivity index (χ0) is 13.4. The molecule has 2 heterocycles. The second kappa shape index (κ2) is 4.35. The van der Waals surface area contributed by atoms with Crippen molar-refractivity contribution in [3.8, 4) is 0 Å².